The van der Waals surface area contributed by atoms with E-state index in [-0.39, 0.29) is 0 Å². The first-order chi connectivity index (χ1) is 26.7. The minimum absolute atomic E-state index is 0.581. The summed E-state index contributed by atoms with van der Waals surface area (Å²) in [6.07, 6.45) is 0. The van der Waals surface area contributed by atoms with Gasteiger partial charge < -0.3 is 8.83 Å². The molecule has 54 heavy (non-hydrogen) atoms. The summed E-state index contributed by atoms with van der Waals surface area (Å²) in [6.45, 7) is 0. The molecule has 0 unspecified atom stereocenters. The molecule has 0 amide bonds. The van der Waals surface area contributed by atoms with Gasteiger partial charge in [-0.25, -0.2) is 15.0 Å². The fourth-order valence-electron chi connectivity index (χ4n) is 7.68. The highest BCUT2D eigenvalue weighted by Crippen LogP contribution is 2.41. The summed E-state index contributed by atoms with van der Waals surface area (Å²) in [4.78, 5) is 15.4. The van der Waals surface area contributed by atoms with Crippen LogP contribution in [0, 0.1) is 0 Å². The third-order valence-electron chi connectivity index (χ3n) is 10.3. The number of furan rings is 2. The molecule has 0 atom stereocenters. The lowest BCUT2D eigenvalue weighted by Crippen LogP contribution is -2.00. The van der Waals surface area contributed by atoms with Gasteiger partial charge in [-0.05, 0) is 57.8 Å². The number of para-hydroxylation sites is 2. The molecule has 11 aromatic rings. The summed E-state index contributed by atoms with van der Waals surface area (Å²) >= 11 is 0. The van der Waals surface area contributed by atoms with Gasteiger partial charge in [0.25, 0.3) is 0 Å². The molecule has 0 radical (unpaired) electrons. The monoisotopic (exact) mass is 691 g/mol. The average Bonchev–Trinajstić information content (AvgIpc) is 3.82. The third kappa shape index (κ3) is 4.98. The van der Waals surface area contributed by atoms with E-state index in [0.717, 1.165) is 93.6 Å². The second-order valence-corrected chi connectivity index (χ2v) is 13.6. The molecule has 0 spiro atoms. The molecule has 0 saturated carbocycles. The zero-order chi connectivity index (χ0) is 35.6. The largest absolute Gasteiger partial charge is 0.456 e. The van der Waals surface area contributed by atoms with Gasteiger partial charge in [0.2, 0.25) is 0 Å². The van der Waals surface area contributed by atoms with Gasteiger partial charge in [0.15, 0.2) is 17.5 Å². The fourth-order valence-corrected chi connectivity index (χ4v) is 7.68. The van der Waals surface area contributed by atoms with E-state index in [4.69, 9.17) is 23.8 Å². The van der Waals surface area contributed by atoms with Crippen LogP contribution >= 0.6 is 0 Å². The van der Waals surface area contributed by atoms with Crippen molar-refractivity contribution in [3.63, 3.8) is 0 Å². The van der Waals surface area contributed by atoms with Crippen LogP contribution in [0.25, 0.3) is 111 Å². The van der Waals surface area contributed by atoms with Gasteiger partial charge >= 0.3 is 0 Å². The zero-order valence-electron chi connectivity index (χ0n) is 28.9. The maximum Gasteiger partial charge on any atom is 0.164 e. The first-order valence-electron chi connectivity index (χ1n) is 18.0. The highest BCUT2D eigenvalue weighted by molar-refractivity contribution is 6.15. The van der Waals surface area contributed by atoms with Crippen molar-refractivity contribution < 1.29 is 8.83 Å². The molecule has 0 N–H and O–H groups in total. The molecule has 0 aliphatic rings. The molecule has 0 aliphatic carbocycles. The second kappa shape index (κ2) is 12.1. The van der Waals surface area contributed by atoms with Gasteiger partial charge in [-0.15, -0.1) is 0 Å². The van der Waals surface area contributed by atoms with Crippen LogP contribution in [0.4, 0.5) is 0 Å². The molecular weight excluding hydrogens is 663 g/mol. The summed E-state index contributed by atoms with van der Waals surface area (Å²) in [6, 6.07) is 60.4. The van der Waals surface area contributed by atoms with E-state index in [0.29, 0.717) is 17.5 Å². The van der Waals surface area contributed by atoms with E-state index in [1.807, 2.05) is 36.4 Å². The predicted octanol–water partition coefficient (Wildman–Crippen LogP) is 13.2. The van der Waals surface area contributed by atoms with Crippen LogP contribution in [0.5, 0.6) is 0 Å². The predicted molar refractivity (Wildman–Crippen MR) is 219 cm³/mol. The number of benzene rings is 8. The Morgan fingerprint density at radius 2 is 0.926 bits per heavy atom. The normalized spacial score (nSPS) is 11.7. The first kappa shape index (κ1) is 30.3. The number of nitrogens with zero attached hydrogens (tertiary/aromatic N) is 3. The second-order valence-electron chi connectivity index (χ2n) is 13.6. The molecule has 5 heteroatoms. The van der Waals surface area contributed by atoms with Crippen LogP contribution < -0.4 is 0 Å². The summed E-state index contributed by atoms with van der Waals surface area (Å²) in [5.41, 5.74) is 10.3. The summed E-state index contributed by atoms with van der Waals surface area (Å²) < 4.78 is 13.0. The Morgan fingerprint density at radius 1 is 0.315 bits per heavy atom. The van der Waals surface area contributed by atoms with Gasteiger partial charge in [0.05, 0.1) is 0 Å². The zero-order valence-corrected chi connectivity index (χ0v) is 28.9. The molecule has 3 aromatic heterocycles. The Kier molecular flexibility index (Phi) is 6.79. The SMILES string of the molecule is c1ccc(-c2ccc(-c3nc(-c4ccc5ccccc5c4)nc(-c4cccc5oc6c(-c7ccc8c(c7)oc7ccccc78)cccc6c45)n3)cc2)cc1. The van der Waals surface area contributed by atoms with Gasteiger partial charge in [-0.2, -0.15) is 0 Å². The fraction of sp³-hybridized carbons (Fsp3) is 0. The lowest BCUT2D eigenvalue weighted by molar-refractivity contribution is 0.668. The average molecular weight is 692 g/mol. The molecule has 0 aliphatic heterocycles. The van der Waals surface area contributed by atoms with Crippen LogP contribution in [0.1, 0.15) is 0 Å². The Balaban J connectivity index is 1.09. The van der Waals surface area contributed by atoms with Crippen molar-refractivity contribution in [2.24, 2.45) is 0 Å². The Labute approximate surface area is 309 Å². The molecule has 0 bridgehead atoms. The third-order valence-corrected chi connectivity index (χ3v) is 10.3. The lowest BCUT2D eigenvalue weighted by Gasteiger charge is -2.10. The maximum absolute atomic E-state index is 6.70. The molecule has 0 saturated heterocycles. The summed E-state index contributed by atoms with van der Waals surface area (Å²) in [7, 11) is 0. The van der Waals surface area contributed by atoms with Gasteiger partial charge in [-0.3, -0.25) is 0 Å². The van der Waals surface area contributed by atoms with Gasteiger partial charge in [0, 0.05) is 43.8 Å². The quantitative estimate of drug-likeness (QED) is 0.180. The first-order valence-corrected chi connectivity index (χ1v) is 18.0. The van der Waals surface area contributed by atoms with Crippen molar-refractivity contribution in [3.8, 4) is 56.4 Å². The van der Waals surface area contributed by atoms with Gasteiger partial charge in [0.1, 0.15) is 22.3 Å². The van der Waals surface area contributed by atoms with Crippen molar-refractivity contribution in [2.75, 3.05) is 0 Å². The highest BCUT2D eigenvalue weighted by atomic mass is 16.3. The van der Waals surface area contributed by atoms with Crippen LogP contribution in [0.15, 0.2) is 185 Å². The minimum atomic E-state index is 0.581. The standard InChI is InChI=1S/C49H29N3O2/c1-2-10-30(11-3-1)32-20-23-33(24-21-32)47-50-48(36-25-22-31-12-4-5-13-34(31)28-36)52-49(51-47)41-17-9-19-43-45(41)40-16-8-15-37(46(40)54-43)35-26-27-39-38-14-6-7-18-42(38)53-44(39)29-35/h1-29H. The highest BCUT2D eigenvalue weighted by Gasteiger charge is 2.20. The van der Waals surface area contributed by atoms with Crippen molar-refractivity contribution >= 4 is 54.6 Å². The molecule has 5 nitrogen and oxygen atoms in total. The number of fused-ring (bicyclic) bond motifs is 7. The number of hydrogen-bond acceptors (Lipinski definition) is 5. The summed E-state index contributed by atoms with van der Waals surface area (Å²) in [5, 5.41) is 6.44. The van der Waals surface area contributed by atoms with Crippen LogP contribution in [-0.4, -0.2) is 15.0 Å². The Bertz CT molecular complexity index is 3210. The topological polar surface area (TPSA) is 65.0 Å². The van der Waals surface area contributed by atoms with Gasteiger partial charge in [-0.1, -0.05) is 146 Å². The molecule has 11 rings (SSSR count). The van der Waals surface area contributed by atoms with Crippen molar-refractivity contribution in [1.82, 2.24) is 15.0 Å². The van der Waals surface area contributed by atoms with Crippen LogP contribution in [0.2, 0.25) is 0 Å². The minimum Gasteiger partial charge on any atom is -0.456 e. The number of aromatic nitrogens is 3. The van der Waals surface area contributed by atoms with Crippen LogP contribution in [-0.2, 0) is 0 Å². The van der Waals surface area contributed by atoms with Crippen molar-refractivity contribution in [3.05, 3.63) is 176 Å². The molecule has 252 valence electrons. The molecule has 8 aromatic carbocycles. The van der Waals surface area contributed by atoms with E-state index in [2.05, 4.69) is 140 Å². The van der Waals surface area contributed by atoms with Crippen molar-refractivity contribution in [2.45, 2.75) is 0 Å². The van der Waals surface area contributed by atoms with E-state index in [9.17, 15) is 0 Å². The Morgan fingerprint density at radius 3 is 1.81 bits per heavy atom. The van der Waals surface area contributed by atoms with Crippen LogP contribution in [0.3, 0.4) is 0 Å². The van der Waals surface area contributed by atoms with Crippen molar-refractivity contribution in [1.29, 1.82) is 0 Å². The smallest absolute Gasteiger partial charge is 0.164 e. The molecular formula is C49H29N3O2. The number of hydrogen-bond donors (Lipinski definition) is 0. The Hall–Kier alpha value is -7.37. The lowest BCUT2D eigenvalue weighted by atomic mass is 9.99. The molecule has 0 fully saturated rings. The molecule has 3 heterocycles. The number of rotatable bonds is 5. The summed E-state index contributed by atoms with van der Waals surface area (Å²) in [5.74, 6) is 1.79. The van der Waals surface area contributed by atoms with E-state index >= 15 is 0 Å². The van der Waals surface area contributed by atoms with E-state index in [1.165, 1.54) is 0 Å². The van der Waals surface area contributed by atoms with E-state index in [1.54, 1.807) is 0 Å². The maximum atomic E-state index is 6.70. The van der Waals surface area contributed by atoms with E-state index < -0.39 is 0 Å².